The van der Waals surface area contributed by atoms with Crippen LogP contribution in [-0.2, 0) is 12.0 Å². The van der Waals surface area contributed by atoms with Crippen molar-refractivity contribution < 1.29 is 4.74 Å². The van der Waals surface area contributed by atoms with Gasteiger partial charge in [0, 0.05) is 11.7 Å². The van der Waals surface area contributed by atoms with E-state index in [2.05, 4.69) is 87.0 Å². The van der Waals surface area contributed by atoms with Gasteiger partial charge in [-0.1, -0.05) is 44.5 Å². The second-order valence-corrected chi connectivity index (χ2v) is 7.19. The first-order valence-electron chi connectivity index (χ1n) is 8.22. The van der Waals surface area contributed by atoms with Gasteiger partial charge in [0.2, 0.25) is 0 Å². The molecule has 0 unspecified atom stereocenters. The molecule has 0 aliphatic carbocycles. The number of aromatic nitrogens is 1. The summed E-state index contributed by atoms with van der Waals surface area (Å²) in [5.41, 5.74) is 4.07. The molecule has 0 aliphatic heterocycles. The van der Waals surface area contributed by atoms with Gasteiger partial charge in [-0.2, -0.15) is 0 Å². The number of fused-ring (bicyclic) bond motifs is 1. The van der Waals surface area contributed by atoms with E-state index in [0.29, 0.717) is 6.61 Å². The second kappa shape index (κ2) is 6.11. The van der Waals surface area contributed by atoms with Crippen molar-refractivity contribution in [1.29, 1.82) is 0 Å². The second-order valence-electron chi connectivity index (χ2n) is 7.19. The van der Waals surface area contributed by atoms with Gasteiger partial charge >= 0.3 is 0 Å². The summed E-state index contributed by atoms with van der Waals surface area (Å²) in [6, 6.07) is 17.2. The Balaban J connectivity index is 1.62. The summed E-state index contributed by atoms with van der Waals surface area (Å²) in [6.07, 6.45) is 2.14. The zero-order valence-electron chi connectivity index (χ0n) is 14.5. The van der Waals surface area contributed by atoms with Gasteiger partial charge in [0.1, 0.15) is 12.4 Å². The summed E-state index contributed by atoms with van der Waals surface area (Å²) in [4.78, 5) is 0. The van der Waals surface area contributed by atoms with E-state index in [1.807, 2.05) is 0 Å². The van der Waals surface area contributed by atoms with E-state index in [9.17, 15) is 0 Å². The molecule has 1 heterocycles. The number of hydrogen-bond acceptors (Lipinski definition) is 1. The van der Waals surface area contributed by atoms with Gasteiger partial charge in [-0.15, -0.1) is 0 Å². The van der Waals surface area contributed by atoms with Crippen LogP contribution in [-0.4, -0.2) is 11.2 Å². The van der Waals surface area contributed by atoms with Crippen molar-refractivity contribution in [2.45, 2.75) is 39.7 Å². The van der Waals surface area contributed by atoms with Gasteiger partial charge in [0.25, 0.3) is 0 Å². The van der Waals surface area contributed by atoms with Crippen LogP contribution in [0.4, 0.5) is 0 Å². The predicted octanol–water partition coefficient (Wildman–Crippen LogP) is 5.33. The first-order chi connectivity index (χ1) is 10.9. The first kappa shape index (κ1) is 15.7. The Morgan fingerprint density at radius 2 is 1.70 bits per heavy atom. The Bertz CT molecular complexity index is 791. The van der Waals surface area contributed by atoms with Crippen LogP contribution in [0.5, 0.6) is 5.75 Å². The van der Waals surface area contributed by atoms with Gasteiger partial charge in [-0.3, -0.25) is 0 Å². The van der Waals surface area contributed by atoms with Crippen LogP contribution in [0, 0.1) is 6.92 Å². The maximum Gasteiger partial charge on any atom is 0.119 e. The van der Waals surface area contributed by atoms with E-state index in [0.717, 1.165) is 12.3 Å². The number of rotatable bonds is 4. The molecule has 0 amide bonds. The normalized spacial score (nSPS) is 11.8. The molecule has 0 saturated carbocycles. The van der Waals surface area contributed by atoms with Gasteiger partial charge in [0.15, 0.2) is 0 Å². The fourth-order valence-electron chi connectivity index (χ4n) is 2.83. The molecule has 2 nitrogen and oxygen atoms in total. The summed E-state index contributed by atoms with van der Waals surface area (Å²) in [5, 5.41) is 1.29. The third-order valence-electron chi connectivity index (χ3n) is 4.25. The van der Waals surface area contributed by atoms with Crippen molar-refractivity contribution >= 4 is 10.9 Å². The van der Waals surface area contributed by atoms with E-state index < -0.39 is 0 Å². The van der Waals surface area contributed by atoms with Crippen LogP contribution in [0.1, 0.15) is 31.9 Å². The molecule has 3 rings (SSSR count). The molecule has 0 radical (unpaired) electrons. The first-order valence-corrected chi connectivity index (χ1v) is 8.22. The molecular formula is C21H25NO. The van der Waals surface area contributed by atoms with Crippen molar-refractivity contribution in [3.05, 3.63) is 65.9 Å². The van der Waals surface area contributed by atoms with E-state index >= 15 is 0 Å². The smallest absolute Gasteiger partial charge is 0.119 e. The average Bonchev–Trinajstić information content (AvgIpc) is 2.89. The van der Waals surface area contributed by atoms with Crippen LogP contribution in [0.15, 0.2) is 54.7 Å². The Labute approximate surface area is 138 Å². The minimum atomic E-state index is 0.181. The highest BCUT2D eigenvalue weighted by Gasteiger charge is 2.12. The lowest BCUT2D eigenvalue weighted by Crippen LogP contribution is -2.11. The van der Waals surface area contributed by atoms with Crippen molar-refractivity contribution in [2.75, 3.05) is 6.61 Å². The summed E-state index contributed by atoms with van der Waals surface area (Å²) in [7, 11) is 0. The molecule has 23 heavy (non-hydrogen) atoms. The zero-order chi connectivity index (χ0) is 16.4. The minimum Gasteiger partial charge on any atom is -0.492 e. The lowest BCUT2D eigenvalue weighted by atomic mass is 9.87. The lowest BCUT2D eigenvalue weighted by molar-refractivity contribution is 0.300. The SMILES string of the molecule is Cc1ccc2c(ccn2CCOc2ccc(C(C)(C)C)cc2)c1. The average molecular weight is 307 g/mol. The van der Waals surface area contributed by atoms with Gasteiger partial charge in [-0.05, 0) is 53.6 Å². The van der Waals surface area contributed by atoms with Crippen molar-refractivity contribution in [1.82, 2.24) is 4.57 Å². The van der Waals surface area contributed by atoms with E-state index in [1.54, 1.807) is 0 Å². The molecule has 0 spiro atoms. The van der Waals surface area contributed by atoms with Crippen LogP contribution in [0.3, 0.4) is 0 Å². The topological polar surface area (TPSA) is 14.2 Å². The van der Waals surface area contributed by atoms with Crippen LogP contribution in [0.25, 0.3) is 10.9 Å². The lowest BCUT2D eigenvalue weighted by Gasteiger charge is -2.19. The van der Waals surface area contributed by atoms with Crippen LogP contribution >= 0.6 is 0 Å². The van der Waals surface area contributed by atoms with E-state index in [-0.39, 0.29) is 5.41 Å². The Hall–Kier alpha value is -2.22. The molecule has 120 valence electrons. The predicted molar refractivity (Wildman–Crippen MR) is 97.3 cm³/mol. The zero-order valence-corrected chi connectivity index (χ0v) is 14.5. The fourth-order valence-corrected chi connectivity index (χ4v) is 2.83. The number of benzene rings is 2. The van der Waals surface area contributed by atoms with Crippen LogP contribution < -0.4 is 4.74 Å². The molecular weight excluding hydrogens is 282 g/mol. The monoisotopic (exact) mass is 307 g/mol. The van der Waals surface area contributed by atoms with Crippen molar-refractivity contribution in [3.8, 4) is 5.75 Å². The molecule has 0 bridgehead atoms. The Kier molecular flexibility index (Phi) is 4.16. The van der Waals surface area contributed by atoms with Gasteiger partial charge < -0.3 is 9.30 Å². The summed E-state index contributed by atoms with van der Waals surface area (Å²) in [6.45, 7) is 10.3. The third kappa shape index (κ3) is 3.58. The maximum absolute atomic E-state index is 5.90. The number of hydrogen-bond donors (Lipinski definition) is 0. The maximum atomic E-state index is 5.90. The fraction of sp³-hybridized carbons (Fsp3) is 0.333. The molecule has 2 aromatic carbocycles. The van der Waals surface area contributed by atoms with Gasteiger partial charge in [0.05, 0.1) is 6.54 Å². The highest BCUT2D eigenvalue weighted by atomic mass is 16.5. The Morgan fingerprint density at radius 1 is 0.957 bits per heavy atom. The van der Waals surface area contributed by atoms with Gasteiger partial charge in [-0.25, -0.2) is 0 Å². The molecule has 0 atom stereocenters. The van der Waals surface area contributed by atoms with Crippen molar-refractivity contribution in [2.24, 2.45) is 0 Å². The minimum absolute atomic E-state index is 0.181. The quantitative estimate of drug-likeness (QED) is 0.635. The number of aryl methyl sites for hydroxylation is 1. The molecule has 0 fully saturated rings. The number of nitrogens with zero attached hydrogens (tertiary/aromatic N) is 1. The highest BCUT2D eigenvalue weighted by Crippen LogP contribution is 2.24. The molecule has 1 aromatic heterocycles. The molecule has 0 saturated heterocycles. The summed E-state index contributed by atoms with van der Waals surface area (Å²) < 4.78 is 8.15. The largest absolute Gasteiger partial charge is 0.492 e. The molecule has 0 N–H and O–H groups in total. The standard InChI is InChI=1S/C21H25NO/c1-16-5-10-20-17(15-16)11-12-22(20)13-14-23-19-8-6-18(7-9-19)21(2,3)4/h5-12,15H,13-14H2,1-4H3. The van der Waals surface area contributed by atoms with Crippen LogP contribution in [0.2, 0.25) is 0 Å². The highest BCUT2D eigenvalue weighted by molar-refractivity contribution is 5.80. The summed E-state index contributed by atoms with van der Waals surface area (Å²) in [5.74, 6) is 0.935. The van der Waals surface area contributed by atoms with E-state index in [4.69, 9.17) is 4.74 Å². The van der Waals surface area contributed by atoms with E-state index in [1.165, 1.54) is 22.0 Å². The molecule has 3 aromatic rings. The molecule has 2 heteroatoms. The molecule has 0 aliphatic rings. The third-order valence-corrected chi connectivity index (χ3v) is 4.25. The van der Waals surface area contributed by atoms with Crippen molar-refractivity contribution in [3.63, 3.8) is 0 Å². The Morgan fingerprint density at radius 3 is 2.39 bits per heavy atom. The summed E-state index contributed by atoms with van der Waals surface area (Å²) >= 11 is 0. The number of ether oxygens (including phenoxy) is 1.